The van der Waals surface area contributed by atoms with E-state index in [0.717, 1.165) is 22.0 Å². The molecule has 0 heterocycles. The van der Waals surface area contributed by atoms with E-state index in [4.69, 9.17) is 17.4 Å². The van der Waals surface area contributed by atoms with Crippen molar-refractivity contribution in [3.8, 4) is 0 Å². The Hall–Kier alpha value is -0.870. The second-order valence-electron chi connectivity index (χ2n) is 5.65. The van der Waals surface area contributed by atoms with Gasteiger partial charge in [0.05, 0.1) is 6.04 Å². The van der Waals surface area contributed by atoms with Gasteiger partial charge in [-0.3, -0.25) is 5.84 Å². The van der Waals surface area contributed by atoms with Gasteiger partial charge in [0.15, 0.2) is 0 Å². The number of hydrogen-bond donors (Lipinski definition) is 2. The molecule has 3 N–H and O–H groups in total. The first-order valence-corrected chi connectivity index (χ1v) is 8.17. The highest BCUT2D eigenvalue weighted by Crippen LogP contribution is 2.28. The summed E-state index contributed by atoms with van der Waals surface area (Å²) in [4.78, 5) is 0. The number of hydrazine groups is 1. The van der Waals surface area contributed by atoms with Crippen molar-refractivity contribution in [3.05, 3.63) is 68.7 Å². The SMILES string of the molecule is CC(C)Cc1cccc(C(NN)c2cc(Cl)cc(Br)c2)c1. The molecular weight excluding hydrogens is 348 g/mol. The lowest BCUT2D eigenvalue weighted by Crippen LogP contribution is -2.29. The van der Waals surface area contributed by atoms with Crippen LogP contribution in [-0.4, -0.2) is 0 Å². The fourth-order valence-corrected chi connectivity index (χ4v) is 3.38. The summed E-state index contributed by atoms with van der Waals surface area (Å²) in [6, 6.07) is 14.3. The van der Waals surface area contributed by atoms with Crippen molar-refractivity contribution in [2.24, 2.45) is 11.8 Å². The van der Waals surface area contributed by atoms with Crippen LogP contribution in [0.5, 0.6) is 0 Å². The van der Waals surface area contributed by atoms with Crippen molar-refractivity contribution in [1.82, 2.24) is 5.43 Å². The van der Waals surface area contributed by atoms with Gasteiger partial charge in [0, 0.05) is 9.50 Å². The van der Waals surface area contributed by atoms with Crippen LogP contribution in [0.2, 0.25) is 5.02 Å². The number of benzene rings is 2. The average molecular weight is 368 g/mol. The third-order valence-corrected chi connectivity index (χ3v) is 3.99. The fraction of sp³-hybridized carbons (Fsp3) is 0.294. The van der Waals surface area contributed by atoms with Gasteiger partial charge in [0.25, 0.3) is 0 Å². The van der Waals surface area contributed by atoms with Gasteiger partial charge in [-0.1, -0.05) is 65.6 Å². The van der Waals surface area contributed by atoms with Crippen LogP contribution < -0.4 is 11.3 Å². The van der Waals surface area contributed by atoms with Gasteiger partial charge in [-0.25, -0.2) is 5.43 Å². The van der Waals surface area contributed by atoms with Gasteiger partial charge >= 0.3 is 0 Å². The van der Waals surface area contributed by atoms with Crippen LogP contribution in [0.25, 0.3) is 0 Å². The highest BCUT2D eigenvalue weighted by molar-refractivity contribution is 9.10. The smallest absolute Gasteiger partial charge is 0.0711 e. The van der Waals surface area contributed by atoms with E-state index in [1.807, 2.05) is 18.2 Å². The van der Waals surface area contributed by atoms with Gasteiger partial charge in [0.1, 0.15) is 0 Å². The Morgan fingerprint density at radius 1 is 1.14 bits per heavy atom. The predicted octanol–water partition coefficient (Wildman–Crippen LogP) is 4.85. The van der Waals surface area contributed by atoms with Gasteiger partial charge in [0.2, 0.25) is 0 Å². The Bertz CT molecular complexity index is 593. The van der Waals surface area contributed by atoms with Crippen molar-refractivity contribution in [1.29, 1.82) is 0 Å². The van der Waals surface area contributed by atoms with Crippen LogP contribution in [0, 0.1) is 5.92 Å². The minimum atomic E-state index is -0.0767. The first-order valence-electron chi connectivity index (χ1n) is 7.00. The van der Waals surface area contributed by atoms with E-state index in [9.17, 15) is 0 Å². The van der Waals surface area contributed by atoms with Crippen LogP contribution in [0.4, 0.5) is 0 Å². The van der Waals surface area contributed by atoms with Gasteiger partial charge in [-0.2, -0.15) is 0 Å². The zero-order chi connectivity index (χ0) is 15.4. The first-order chi connectivity index (χ1) is 9.99. The zero-order valence-corrected chi connectivity index (χ0v) is 14.6. The molecule has 0 bridgehead atoms. The summed E-state index contributed by atoms with van der Waals surface area (Å²) >= 11 is 9.62. The Balaban J connectivity index is 2.36. The molecule has 2 nitrogen and oxygen atoms in total. The standard InChI is InChI=1S/C17H20BrClN2/c1-11(2)6-12-4-3-5-13(7-12)17(21-20)14-8-15(18)10-16(19)9-14/h3-5,7-11,17,21H,6,20H2,1-2H3. The molecule has 0 aliphatic heterocycles. The van der Waals surface area contributed by atoms with Crippen molar-refractivity contribution in [2.45, 2.75) is 26.3 Å². The number of halogens is 2. The number of nitrogens with two attached hydrogens (primary N) is 1. The van der Waals surface area contributed by atoms with Gasteiger partial charge in [-0.15, -0.1) is 0 Å². The summed E-state index contributed by atoms with van der Waals surface area (Å²) in [5.74, 6) is 6.41. The highest BCUT2D eigenvalue weighted by Gasteiger charge is 2.14. The Kier molecular flexibility index (Phi) is 5.82. The molecule has 2 aromatic rings. The topological polar surface area (TPSA) is 38.0 Å². The normalized spacial score (nSPS) is 12.7. The Morgan fingerprint density at radius 2 is 1.90 bits per heavy atom. The molecule has 0 aliphatic carbocycles. The van der Waals surface area contributed by atoms with Crippen molar-refractivity contribution in [2.75, 3.05) is 0 Å². The Morgan fingerprint density at radius 3 is 2.52 bits per heavy atom. The van der Waals surface area contributed by atoms with Crippen LogP contribution >= 0.6 is 27.5 Å². The lowest BCUT2D eigenvalue weighted by atomic mass is 9.95. The molecule has 0 aromatic heterocycles. The van der Waals surface area contributed by atoms with E-state index < -0.39 is 0 Å². The van der Waals surface area contributed by atoms with E-state index in [0.29, 0.717) is 10.9 Å². The maximum absolute atomic E-state index is 6.14. The third-order valence-electron chi connectivity index (χ3n) is 3.31. The van der Waals surface area contributed by atoms with Gasteiger partial charge < -0.3 is 0 Å². The van der Waals surface area contributed by atoms with Crippen LogP contribution in [-0.2, 0) is 6.42 Å². The van der Waals surface area contributed by atoms with Crippen molar-refractivity contribution < 1.29 is 0 Å². The van der Waals surface area contributed by atoms with Crippen LogP contribution in [0.15, 0.2) is 46.9 Å². The minimum Gasteiger partial charge on any atom is -0.271 e. The quantitative estimate of drug-likeness (QED) is 0.585. The van der Waals surface area contributed by atoms with Crippen LogP contribution in [0.3, 0.4) is 0 Å². The van der Waals surface area contributed by atoms with E-state index in [1.54, 1.807) is 0 Å². The average Bonchev–Trinajstić information content (AvgIpc) is 2.38. The Labute approximate surface area is 139 Å². The van der Waals surface area contributed by atoms with E-state index in [1.165, 1.54) is 5.56 Å². The molecule has 0 saturated carbocycles. The van der Waals surface area contributed by atoms with E-state index in [-0.39, 0.29) is 6.04 Å². The lowest BCUT2D eigenvalue weighted by Gasteiger charge is -2.19. The molecular formula is C17H20BrClN2. The van der Waals surface area contributed by atoms with E-state index >= 15 is 0 Å². The third kappa shape index (κ3) is 4.55. The fourth-order valence-electron chi connectivity index (χ4n) is 2.50. The second kappa shape index (κ2) is 7.41. The van der Waals surface area contributed by atoms with Crippen LogP contribution in [0.1, 0.15) is 36.6 Å². The molecule has 2 rings (SSSR count). The highest BCUT2D eigenvalue weighted by atomic mass is 79.9. The largest absolute Gasteiger partial charge is 0.271 e. The number of nitrogens with one attached hydrogen (secondary N) is 1. The zero-order valence-electron chi connectivity index (χ0n) is 12.2. The summed E-state index contributed by atoms with van der Waals surface area (Å²) in [5.41, 5.74) is 6.40. The first kappa shape index (κ1) is 16.5. The molecule has 0 fully saturated rings. The summed E-state index contributed by atoms with van der Waals surface area (Å²) < 4.78 is 0.948. The minimum absolute atomic E-state index is 0.0767. The molecule has 0 spiro atoms. The molecule has 1 unspecified atom stereocenters. The maximum Gasteiger partial charge on any atom is 0.0711 e. The molecule has 21 heavy (non-hydrogen) atoms. The van der Waals surface area contributed by atoms with Gasteiger partial charge in [-0.05, 0) is 47.2 Å². The summed E-state index contributed by atoms with van der Waals surface area (Å²) in [6.45, 7) is 4.44. The molecule has 4 heteroatoms. The molecule has 112 valence electrons. The predicted molar refractivity (Wildman–Crippen MR) is 93.3 cm³/mol. The molecule has 0 radical (unpaired) electrons. The molecule has 2 aromatic carbocycles. The monoisotopic (exact) mass is 366 g/mol. The molecule has 0 aliphatic rings. The summed E-state index contributed by atoms with van der Waals surface area (Å²) in [5, 5.41) is 0.693. The molecule has 0 saturated heterocycles. The maximum atomic E-state index is 6.14. The molecule has 0 amide bonds. The second-order valence-corrected chi connectivity index (χ2v) is 7.00. The number of hydrogen-bond acceptors (Lipinski definition) is 2. The summed E-state index contributed by atoms with van der Waals surface area (Å²) in [6.07, 6.45) is 1.06. The molecule has 1 atom stereocenters. The lowest BCUT2D eigenvalue weighted by molar-refractivity contribution is 0.627. The summed E-state index contributed by atoms with van der Waals surface area (Å²) in [7, 11) is 0. The van der Waals surface area contributed by atoms with Crippen molar-refractivity contribution in [3.63, 3.8) is 0 Å². The number of rotatable bonds is 5. The van der Waals surface area contributed by atoms with Crippen molar-refractivity contribution >= 4 is 27.5 Å². The van der Waals surface area contributed by atoms with E-state index in [2.05, 4.69) is 59.5 Å².